The molecule has 3 aliphatic rings. The van der Waals surface area contributed by atoms with Crippen LogP contribution in [0.5, 0.6) is 5.75 Å². The zero-order valence-electron chi connectivity index (χ0n) is 20.4. The summed E-state index contributed by atoms with van der Waals surface area (Å²) in [6.45, 7) is -0.549. The van der Waals surface area contributed by atoms with Gasteiger partial charge in [-0.15, -0.1) is 0 Å². The Kier molecular flexibility index (Phi) is 6.15. The van der Waals surface area contributed by atoms with E-state index in [9.17, 15) is 24.0 Å². The van der Waals surface area contributed by atoms with Gasteiger partial charge in [0.25, 0.3) is 17.7 Å². The Morgan fingerprint density at radius 1 is 0.897 bits per heavy atom. The number of ketones is 1. The summed E-state index contributed by atoms with van der Waals surface area (Å²) in [5.41, 5.74) is 0.369. The molecule has 0 spiro atoms. The van der Waals surface area contributed by atoms with Crippen LogP contribution in [0.1, 0.15) is 37.7 Å². The molecule has 3 amide bonds. The van der Waals surface area contributed by atoms with Crippen LogP contribution in [0.3, 0.4) is 0 Å². The van der Waals surface area contributed by atoms with E-state index in [4.69, 9.17) is 20.8 Å². The number of hydrogen-bond donors (Lipinski definition) is 0. The molecule has 2 heterocycles. The highest BCUT2D eigenvalue weighted by molar-refractivity contribution is 6.30. The number of rotatable bonds is 7. The van der Waals surface area contributed by atoms with Crippen molar-refractivity contribution in [2.75, 3.05) is 6.54 Å². The molecule has 9 nitrogen and oxygen atoms in total. The van der Waals surface area contributed by atoms with Gasteiger partial charge in [-0.1, -0.05) is 23.8 Å². The summed E-state index contributed by atoms with van der Waals surface area (Å²) < 4.78 is 10.2. The summed E-state index contributed by atoms with van der Waals surface area (Å²) in [7, 11) is 0. The number of amides is 3. The monoisotopic (exact) mass is 544 g/mol. The molecular formula is C29H21ClN2O7. The molecule has 1 aromatic heterocycles. The van der Waals surface area contributed by atoms with E-state index in [1.807, 2.05) is 12.2 Å². The second kappa shape index (κ2) is 9.67. The SMILES string of the molecule is O=C(CN(C(=O)c1ccc(Cl)cc1)N1C(=O)[C@H]2[C@H](C1=O)[C@H]1C=C[C@H]2C1)c1ccc(OC(=O)c2ccco2)cc1. The second-order valence-corrected chi connectivity index (χ2v) is 10.1. The number of hydrazine groups is 1. The standard InChI is InChI=1S/C29H21ClN2O7/c30-20-9-5-17(6-10-20)26(34)31(32-27(35)24-18-3-4-19(14-18)25(24)28(32)36)15-22(33)16-7-11-21(12-8-16)39-29(37)23-2-1-13-38-23/h1-13,18-19,24-25H,14-15H2/t18-,19-,24+,25+/m0/s1. The molecule has 3 aromatic rings. The zero-order chi connectivity index (χ0) is 27.3. The van der Waals surface area contributed by atoms with E-state index in [1.54, 1.807) is 6.07 Å². The minimum Gasteiger partial charge on any atom is -0.457 e. The van der Waals surface area contributed by atoms with Crippen LogP contribution in [0, 0.1) is 23.7 Å². The summed E-state index contributed by atoms with van der Waals surface area (Å²) in [5.74, 6) is -3.80. The average molecular weight is 545 g/mol. The Labute approximate surface area is 227 Å². The van der Waals surface area contributed by atoms with Crippen LogP contribution in [-0.2, 0) is 9.59 Å². The Hall–Kier alpha value is -4.50. The van der Waals surface area contributed by atoms with Crippen LogP contribution in [0.25, 0.3) is 0 Å². The Morgan fingerprint density at radius 3 is 2.10 bits per heavy atom. The lowest BCUT2D eigenvalue weighted by molar-refractivity contribution is -0.154. The van der Waals surface area contributed by atoms with Gasteiger partial charge in [0, 0.05) is 16.1 Å². The van der Waals surface area contributed by atoms with Gasteiger partial charge < -0.3 is 9.15 Å². The molecule has 0 radical (unpaired) electrons. The number of benzene rings is 2. The van der Waals surface area contributed by atoms with Crippen molar-refractivity contribution in [2.24, 2.45) is 23.7 Å². The molecule has 10 heteroatoms. The predicted molar refractivity (Wildman–Crippen MR) is 136 cm³/mol. The van der Waals surface area contributed by atoms with Crippen LogP contribution in [0.4, 0.5) is 0 Å². The highest BCUT2D eigenvalue weighted by atomic mass is 35.5. The number of hydrogen-bond acceptors (Lipinski definition) is 7. The van der Waals surface area contributed by atoms with Gasteiger partial charge in [0.2, 0.25) is 5.76 Å². The van der Waals surface area contributed by atoms with Crippen LogP contribution < -0.4 is 4.74 Å². The number of fused-ring (bicyclic) bond motifs is 5. The van der Waals surface area contributed by atoms with E-state index in [2.05, 4.69) is 0 Å². The fourth-order valence-electron chi connectivity index (χ4n) is 5.59. The summed E-state index contributed by atoms with van der Waals surface area (Å²) in [5, 5.41) is 2.20. The molecule has 1 aliphatic heterocycles. The van der Waals surface area contributed by atoms with Crippen molar-refractivity contribution >= 4 is 41.1 Å². The predicted octanol–water partition coefficient (Wildman–Crippen LogP) is 4.20. The van der Waals surface area contributed by atoms with E-state index in [0.717, 1.165) is 16.4 Å². The number of ether oxygens (including phenoxy) is 1. The molecule has 2 aliphatic carbocycles. The molecular weight excluding hydrogens is 524 g/mol. The number of imide groups is 1. The molecule has 39 heavy (non-hydrogen) atoms. The first-order valence-corrected chi connectivity index (χ1v) is 12.7. The maximum Gasteiger partial charge on any atom is 0.379 e. The summed E-state index contributed by atoms with van der Waals surface area (Å²) in [6, 6.07) is 14.7. The quantitative estimate of drug-likeness (QED) is 0.144. The third kappa shape index (κ3) is 4.34. The van der Waals surface area contributed by atoms with Gasteiger partial charge in [-0.05, 0) is 78.9 Å². The molecule has 2 fully saturated rings. The summed E-state index contributed by atoms with van der Waals surface area (Å²) in [6.07, 6.45) is 6.00. The van der Waals surface area contributed by atoms with E-state index in [1.165, 1.54) is 60.9 Å². The van der Waals surface area contributed by atoms with Crippen LogP contribution in [0.15, 0.2) is 83.5 Å². The summed E-state index contributed by atoms with van der Waals surface area (Å²) >= 11 is 5.97. The third-order valence-electron chi connectivity index (χ3n) is 7.42. The van der Waals surface area contributed by atoms with Crippen molar-refractivity contribution in [3.05, 3.63) is 101 Å². The van der Waals surface area contributed by atoms with E-state index >= 15 is 0 Å². The third-order valence-corrected chi connectivity index (χ3v) is 7.67. The largest absolute Gasteiger partial charge is 0.457 e. The van der Waals surface area contributed by atoms with Crippen molar-refractivity contribution in [3.63, 3.8) is 0 Å². The fraction of sp³-hybridized carbons (Fsp3) is 0.207. The second-order valence-electron chi connectivity index (χ2n) is 9.67. The lowest BCUT2D eigenvalue weighted by Crippen LogP contribution is -2.52. The van der Waals surface area contributed by atoms with Gasteiger partial charge in [-0.2, -0.15) is 5.01 Å². The molecule has 196 valence electrons. The fourth-order valence-corrected chi connectivity index (χ4v) is 5.71. The first-order valence-electron chi connectivity index (χ1n) is 12.3. The van der Waals surface area contributed by atoms with Gasteiger partial charge in [0.05, 0.1) is 18.1 Å². The van der Waals surface area contributed by atoms with E-state index in [0.29, 0.717) is 5.02 Å². The van der Waals surface area contributed by atoms with Crippen LogP contribution >= 0.6 is 11.6 Å². The van der Waals surface area contributed by atoms with E-state index < -0.39 is 47.9 Å². The normalized spacial score (nSPS) is 22.7. The topological polar surface area (TPSA) is 114 Å². The molecule has 4 atom stereocenters. The Morgan fingerprint density at radius 2 is 1.51 bits per heavy atom. The lowest BCUT2D eigenvalue weighted by atomic mass is 9.85. The molecule has 2 bridgehead atoms. The number of esters is 1. The highest BCUT2D eigenvalue weighted by Crippen LogP contribution is 2.52. The number of allylic oxidation sites excluding steroid dienone is 2. The minimum atomic E-state index is -0.695. The van der Waals surface area contributed by atoms with Crippen LogP contribution in [0.2, 0.25) is 5.02 Å². The number of nitrogens with zero attached hydrogens (tertiary/aromatic N) is 2. The molecule has 1 saturated heterocycles. The zero-order valence-corrected chi connectivity index (χ0v) is 21.1. The van der Waals surface area contributed by atoms with Gasteiger partial charge in [0.15, 0.2) is 5.78 Å². The number of carbonyl (C=O) groups excluding carboxylic acids is 5. The first-order chi connectivity index (χ1) is 18.8. The van der Waals surface area contributed by atoms with Crippen LogP contribution in [-0.4, -0.2) is 46.0 Å². The van der Waals surface area contributed by atoms with Crippen molar-refractivity contribution in [3.8, 4) is 5.75 Å². The molecule has 0 N–H and O–H groups in total. The number of carbonyl (C=O) groups is 5. The van der Waals surface area contributed by atoms with E-state index in [-0.39, 0.29) is 34.5 Å². The molecule has 1 saturated carbocycles. The number of furan rings is 1. The number of halogens is 1. The highest BCUT2D eigenvalue weighted by Gasteiger charge is 2.61. The maximum atomic E-state index is 13.6. The van der Waals surface area contributed by atoms with Gasteiger partial charge in [0.1, 0.15) is 12.3 Å². The molecule has 6 rings (SSSR count). The van der Waals surface area contributed by atoms with Crippen molar-refractivity contribution in [1.29, 1.82) is 0 Å². The Bertz CT molecular complexity index is 1480. The summed E-state index contributed by atoms with van der Waals surface area (Å²) in [4.78, 5) is 66.0. The smallest absolute Gasteiger partial charge is 0.379 e. The first kappa shape index (κ1) is 24.8. The van der Waals surface area contributed by atoms with Crippen molar-refractivity contribution in [1.82, 2.24) is 10.0 Å². The Balaban J connectivity index is 1.25. The van der Waals surface area contributed by atoms with Gasteiger partial charge >= 0.3 is 5.97 Å². The molecule has 2 aromatic carbocycles. The maximum absolute atomic E-state index is 13.6. The van der Waals surface area contributed by atoms with Gasteiger partial charge in [-0.3, -0.25) is 19.2 Å². The van der Waals surface area contributed by atoms with Crippen molar-refractivity contribution < 1.29 is 33.1 Å². The van der Waals surface area contributed by atoms with Gasteiger partial charge in [-0.25, -0.2) is 9.80 Å². The van der Waals surface area contributed by atoms with Crippen molar-refractivity contribution in [2.45, 2.75) is 6.42 Å². The molecule has 0 unspecified atom stereocenters. The minimum absolute atomic E-state index is 0.0276. The number of Topliss-reactive ketones (excluding diaryl/α,β-unsaturated/α-hetero) is 1. The lowest BCUT2D eigenvalue weighted by Gasteiger charge is -2.30. The average Bonchev–Trinajstić information content (AvgIpc) is 3.74.